The van der Waals surface area contributed by atoms with E-state index in [2.05, 4.69) is 4.72 Å². The monoisotopic (exact) mass is 406 g/mol. The number of nitrogens with zero attached hydrogens (tertiary/aromatic N) is 1. The number of hydrogen-bond donors (Lipinski definition) is 1. The largest absolute Gasteiger partial charge is 0.497 e. The summed E-state index contributed by atoms with van der Waals surface area (Å²) in [5, 5.41) is 0. The summed E-state index contributed by atoms with van der Waals surface area (Å²) in [6.45, 7) is 2.33. The van der Waals surface area contributed by atoms with Crippen molar-refractivity contribution in [2.24, 2.45) is 0 Å². The zero-order valence-electron chi connectivity index (χ0n) is 15.7. The zero-order chi connectivity index (χ0) is 20.1. The average Bonchev–Trinajstić information content (AvgIpc) is 2.73. The molecule has 1 saturated heterocycles. The number of carbonyl (C=O) groups is 1. The maximum absolute atomic E-state index is 12.9. The van der Waals surface area contributed by atoms with Gasteiger partial charge in [0.2, 0.25) is 0 Å². The number of morpholine rings is 1. The van der Waals surface area contributed by atoms with Gasteiger partial charge in [0.25, 0.3) is 10.0 Å². The molecule has 2 aromatic rings. The second-order valence-corrected chi connectivity index (χ2v) is 7.79. The molecule has 3 rings (SSSR count). The van der Waals surface area contributed by atoms with E-state index in [0.29, 0.717) is 43.4 Å². The standard InChI is InChI=1S/C19H22N2O6S/c1-25-15-4-6-16(7-5-15)28(23,24)20-17-13-14(19(22)26-2)3-8-18(17)21-9-11-27-12-10-21/h3-8,13,20H,9-12H2,1-2H3. The molecule has 0 bridgehead atoms. The minimum absolute atomic E-state index is 0.0877. The highest BCUT2D eigenvalue weighted by molar-refractivity contribution is 7.92. The SMILES string of the molecule is COC(=O)c1ccc(N2CCOCC2)c(NS(=O)(=O)c2ccc(OC)cc2)c1. The van der Waals surface area contributed by atoms with Crippen LogP contribution in [0.3, 0.4) is 0 Å². The lowest BCUT2D eigenvalue weighted by molar-refractivity contribution is 0.0600. The minimum atomic E-state index is -3.86. The van der Waals surface area contributed by atoms with E-state index in [1.54, 1.807) is 24.3 Å². The van der Waals surface area contributed by atoms with Crippen LogP contribution < -0.4 is 14.4 Å². The molecule has 0 saturated carbocycles. The molecular weight excluding hydrogens is 384 g/mol. The van der Waals surface area contributed by atoms with E-state index in [4.69, 9.17) is 14.2 Å². The van der Waals surface area contributed by atoms with E-state index in [9.17, 15) is 13.2 Å². The number of anilines is 2. The number of hydrogen-bond acceptors (Lipinski definition) is 7. The molecule has 0 aromatic heterocycles. The Bertz CT molecular complexity index is 937. The van der Waals surface area contributed by atoms with Crippen molar-refractivity contribution < 1.29 is 27.4 Å². The van der Waals surface area contributed by atoms with Crippen molar-refractivity contribution in [3.63, 3.8) is 0 Å². The summed E-state index contributed by atoms with van der Waals surface area (Å²) in [6, 6.07) is 10.9. The predicted octanol–water partition coefficient (Wildman–Crippen LogP) is 2.12. The average molecular weight is 406 g/mol. The summed E-state index contributed by atoms with van der Waals surface area (Å²) >= 11 is 0. The van der Waals surface area contributed by atoms with Gasteiger partial charge in [0.15, 0.2) is 0 Å². The van der Waals surface area contributed by atoms with Crippen LogP contribution in [0.4, 0.5) is 11.4 Å². The molecule has 1 aliphatic rings. The quantitative estimate of drug-likeness (QED) is 0.735. The third-order valence-corrected chi connectivity index (χ3v) is 5.76. The summed E-state index contributed by atoms with van der Waals surface area (Å²) in [6.07, 6.45) is 0. The van der Waals surface area contributed by atoms with Gasteiger partial charge in [-0.15, -0.1) is 0 Å². The lowest BCUT2D eigenvalue weighted by Gasteiger charge is -2.30. The van der Waals surface area contributed by atoms with Crippen molar-refractivity contribution in [1.82, 2.24) is 0 Å². The maximum Gasteiger partial charge on any atom is 0.337 e. The van der Waals surface area contributed by atoms with Crippen molar-refractivity contribution in [3.8, 4) is 5.75 Å². The minimum Gasteiger partial charge on any atom is -0.497 e. The molecule has 9 heteroatoms. The Morgan fingerprint density at radius 1 is 1.07 bits per heavy atom. The Morgan fingerprint density at radius 2 is 1.75 bits per heavy atom. The van der Waals surface area contributed by atoms with Crippen LogP contribution in [0, 0.1) is 0 Å². The topological polar surface area (TPSA) is 94.2 Å². The lowest BCUT2D eigenvalue weighted by Crippen LogP contribution is -2.36. The van der Waals surface area contributed by atoms with Gasteiger partial charge in [0.1, 0.15) is 5.75 Å². The molecule has 0 radical (unpaired) electrons. The summed E-state index contributed by atoms with van der Waals surface area (Å²) in [4.78, 5) is 14.0. The molecular formula is C19H22N2O6S. The van der Waals surface area contributed by atoms with Gasteiger partial charge < -0.3 is 19.1 Å². The number of sulfonamides is 1. The number of methoxy groups -OCH3 is 2. The lowest BCUT2D eigenvalue weighted by atomic mass is 10.1. The highest BCUT2D eigenvalue weighted by Gasteiger charge is 2.21. The van der Waals surface area contributed by atoms with Crippen molar-refractivity contribution >= 4 is 27.4 Å². The molecule has 28 heavy (non-hydrogen) atoms. The third-order valence-electron chi connectivity index (χ3n) is 4.38. The summed E-state index contributed by atoms with van der Waals surface area (Å²) in [7, 11) is -1.08. The summed E-state index contributed by atoms with van der Waals surface area (Å²) in [5.74, 6) is 0.0130. The van der Waals surface area contributed by atoms with E-state index < -0.39 is 16.0 Å². The van der Waals surface area contributed by atoms with Gasteiger partial charge in [-0.25, -0.2) is 13.2 Å². The van der Waals surface area contributed by atoms with Crippen molar-refractivity contribution in [3.05, 3.63) is 48.0 Å². The molecule has 1 N–H and O–H groups in total. The number of ether oxygens (including phenoxy) is 3. The van der Waals surface area contributed by atoms with Gasteiger partial charge in [-0.3, -0.25) is 4.72 Å². The zero-order valence-corrected chi connectivity index (χ0v) is 16.5. The van der Waals surface area contributed by atoms with Crippen molar-refractivity contribution in [1.29, 1.82) is 0 Å². The second kappa shape index (κ2) is 8.49. The Kier molecular flexibility index (Phi) is 6.05. The number of nitrogens with one attached hydrogen (secondary N) is 1. The summed E-state index contributed by atoms with van der Waals surface area (Å²) < 4.78 is 43.5. The number of benzene rings is 2. The predicted molar refractivity (Wildman–Crippen MR) is 105 cm³/mol. The van der Waals surface area contributed by atoms with Gasteiger partial charge in [-0.05, 0) is 42.5 Å². The van der Waals surface area contributed by atoms with E-state index >= 15 is 0 Å². The molecule has 1 aliphatic heterocycles. The third kappa shape index (κ3) is 4.37. The highest BCUT2D eigenvalue weighted by atomic mass is 32.2. The van der Waals surface area contributed by atoms with Crippen LogP contribution in [0.2, 0.25) is 0 Å². The van der Waals surface area contributed by atoms with Crippen LogP contribution in [-0.4, -0.2) is 54.9 Å². The first kappa shape index (κ1) is 20.0. The second-order valence-electron chi connectivity index (χ2n) is 6.10. The fourth-order valence-corrected chi connectivity index (χ4v) is 3.97. The molecule has 1 heterocycles. The molecule has 0 atom stereocenters. The number of carbonyl (C=O) groups excluding carboxylic acids is 1. The molecule has 0 spiro atoms. The normalized spacial score (nSPS) is 14.4. The van der Waals surface area contributed by atoms with Crippen LogP contribution >= 0.6 is 0 Å². The number of rotatable bonds is 6. The molecule has 150 valence electrons. The Balaban J connectivity index is 1.97. The summed E-state index contributed by atoms with van der Waals surface area (Å²) in [5.41, 5.74) is 1.24. The highest BCUT2D eigenvalue weighted by Crippen LogP contribution is 2.30. The Hall–Kier alpha value is -2.78. The van der Waals surface area contributed by atoms with E-state index in [0.717, 1.165) is 0 Å². The molecule has 0 aliphatic carbocycles. The van der Waals surface area contributed by atoms with Crippen LogP contribution in [0.5, 0.6) is 5.75 Å². The van der Waals surface area contributed by atoms with Gasteiger partial charge in [-0.2, -0.15) is 0 Å². The first-order valence-corrected chi connectivity index (χ1v) is 10.1. The smallest absolute Gasteiger partial charge is 0.337 e. The van der Waals surface area contributed by atoms with Crippen molar-refractivity contribution in [2.75, 3.05) is 50.1 Å². The first-order chi connectivity index (χ1) is 13.4. The van der Waals surface area contributed by atoms with Crippen LogP contribution in [0.15, 0.2) is 47.4 Å². The Morgan fingerprint density at radius 3 is 2.36 bits per heavy atom. The van der Waals surface area contributed by atoms with Crippen LogP contribution in [-0.2, 0) is 19.5 Å². The van der Waals surface area contributed by atoms with Gasteiger partial charge in [-0.1, -0.05) is 0 Å². The van der Waals surface area contributed by atoms with Crippen LogP contribution in [0.25, 0.3) is 0 Å². The maximum atomic E-state index is 12.9. The Labute approximate surface area is 164 Å². The fourth-order valence-electron chi connectivity index (χ4n) is 2.90. The van der Waals surface area contributed by atoms with Crippen LogP contribution in [0.1, 0.15) is 10.4 Å². The van der Waals surface area contributed by atoms with Gasteiger partial charge in [0, 0.05) is 13.1 Å². The fraction of sp³-hybridized carbons (Fsp3) is 0.316. The van der Waals surface area contributed by atoms with Gasteiger partial charge >= 0.3 is 5.97 Å². The van der Waals surface area contributed by atoms with Gasteiger partial charge in [0.05, 0.1) is 49.3 Å². The molecule has 8 nitrogen and oxygen atoms in total. The van der Waals surface area contributed by atoms with Crippen molar-refractivity contribution in [2.45, 2.75) is 4.90 Å². The van der Waals surface area contributed by atoms with E-state index in [-0.39, 0.29) is 10.5 Å². The molecule has 2 aromatic carbocycles. The van der Waals surface area contributed by atoms with E-state index in [1.165, 1.54) is 32.4 Å². The first-order valence-electron chi connectivity index (χ1n) is 8.66. The molecule has 1 fully saturated rings. The molecule has 0 amide bonds. The van der Waals surface area contributed by atoms with E-state index in [1.807, 2.05) is 4.90 Å². The molecule has 0 unspecified atom stereocenters. The number of esters is 1.